The minimum absolute atomic E-state index is 0.635. The Morgan fingerprint density at radius 3 is 2.89 bits per heavy atom. The summed E-state index contributed by atoms with van der Waals surface area (Å²) < 4.78 is 5.25. The lowest BCUT2D eigenvalue weighted by atomic mass is 10.0. The number of ether oxygens (including phenoxy) is 1. The highest BCUT2D eigenvalue weighted by atomic mass is 16.5. The smallest absolute Gasteiger partial charge is 0.119 e. The summed E-state index contributed by atoms with van der Waals surface area (Å²) in [6, 6.07) is 6.49. The Bertz CT molecular complexity index is 406. The lowest BCUT2D eigenvalue weighted by Crippen LogP contribution is -2.28. The second kappa shape index (κ2) is 6.80. The van der Waals surface area contributed by atoms with Gasteiger partial charge >= 0.3 is 0 Å². The van der Waals surface area contributed by atoms with Crippen LogP contribution in [0.1, 0.15) is 44.6 Å². The molecule has 0 aliphatic heterocycles. The minimum atomic E-state index is 0.635. The van der Waals surface area contributed by atoms with Crippen molar-refractivity contribution in [2.75, 3.05) is 12.8 Å². The molecule has 1 aliphatic carbocycles. The molecule has 2 rings (SSSR count). The fourth-order valence-corrected chi connectivity index (χ4v) is 2.81. The topological polar surface area (TPSA) is 47.3 Å². The van der Waals surface area contributed by atoms with Crippen molar-refractivity contribution < 1.29 is 4.74 Å². The molecule has 2 unspecified atom stereocenters. The summed E-state index contributed by atoms with van der Waals surface area (Å²) in [7, 11) is 1.69. The molecule has 0 bridgehead atoms. The van der Waals surface area contributed by atoms with E-state index in [9.17, 15) is 0 Å². The van der Waals surface area contributed by atoms with Crippen LogP contribution in [0.3, 0.4) is 0 Å². The molecule has 2 atom stereocenters. The number of nitrogens with one attached hydrogen (secondary N) is 1. The van der Waals surface area contributed by atoms with Gasteiger partial charge in [-0.15, -0.1) is 0 Å². The summed E-state index contributed by atoms with van der Waals surface area (Å²) in [5.74, 6) is 1.76. The van der Waals surface area contributed by atoms with Gasteiger partial charge in [0.2, 0.25) is 0 Å². The van der Waals surface area contributed by atoms with Crippen molar-refractivity contribution >= 4 is 5.69 Å². The summed E-state index contributed by atoms with van der Waals surface area (Å²) in [6.07, 6.45) is 6.62. The first-order valence-corrected chi connectivity index (χ1v) is 7.35. The van der Waals surface area contributed by atoms with E-state index in [0.717, 1.165) is 29.5 Å². The van der Waals surface area contributed by atoms with Crippen LogP contribution >= 0.6 is 0 Å². The molecular formula is C16H26N2O. The number of hydrogen-bond acceptors (Lipinski definition) is 3. The average Bonchev–Trinajstić information content (AvgIpc) is 2.63. The molecule has 0 spiro atoms. The minimum Gasteiger partial charge on any atom is -0.497 e. The first kappa shape index (κ1) is 14.2. The number of anilines is 1. The van der Waals surface area contributed by atoms with Crippen molar-refractivity contribution in [2.24, 2.45) is 5.92 Å². The molecule has 0 aromatic heterocycles. The normalized spacial score (nSPS) is 23.9. The van der Waals surface area contributed by atoms with E-state index >= 15 is 0 Å². The van der Waals surface area contributed by atoms with Gasteiger partial charge in [-0.25, -0.2) is 0 Å². The van der Waals surface area contributed by atoms with Gasteiger partial charge in [0.05, 0.1) is 7.11 Å². The van der Waals surface area contributed by atoms with Gasteiger partial charge in [0.15, 0.2) is 0 Å². The zero-order valence-corrected chi connectivity index (χ0v) is 12.1. The van der Waals surface area contributed by atoms with Gasteiger partial charge in [0, 0.05) is 18.3 Å². The molecule has 0 radical (unpaired) electrons. The molecule has 3 nitrogen and oxygen atoms in total. The molecule has 1 fully saturated rings. The Labute approximate surface area is 116 Å². The molecule has 3 N–H and O–H groups in total. The van der Waals surface area contributed by atoms with E-state index in [1.807, 2.05) is 18.2 Å². The molecule has 19 heavy (non-hydrogen) atoms. The summed E-state index contributed by atoms with van der Waals surface area (Å²) in [4.78, 5) is 0. The molecule has 0 saturated heterocycles. The number of rotatable bonds is 4. The molecule has 1 saturated carbocycles. The highest BCUT2D eigenvalue weighted by Crippen LogP contribution is 2.24. The van der Waals surface area contributed by atoms with Crippen LogP contribution < -0.4 is 15.8 Å². The monoisotopic (exact) mass is 262 g/mol. The van der Waals surface area contributed by atoms with E-state index < -0.39 is 0 Å². The van der Waals surface area contributed by atoms with E-state index in [4.69, 9.17) is 10.5 Å². The fourth-order valence-electron chi connectivity index (χ4n) is 2.81. The Kier molecular flexibility index (Phi) is 5.08. The Balaban J connectivity index is 1.90. The van der Waals surface area contributed by atoms with Crippen LogP contribution in [0, 0.1) is 5.92 Å². The lowest BCUT2D eigenvalue weighted by molar-refractivity contribution is 0.413. The third-order valence-corrected chi connectivity index (χ3v) is 4.19. The SMILES string of the molecule is COc1ccc(N)c(CNC2CCCC(C)CC2)c1. The van der Waals surface area contributed by atoms with Gasteiger partial charge in [-0.05, 0) is 48.9 Å². The summed E-state index contributed by atoms with van der Waals surface area (Å²) in [5.41, 5.74) is 8.00. The Hall–Kier alpha value is -1.22. The fraction of sp³-hybridized carbons (Fsp3) is 0.625. The van der Waals surface area contributed by atoms with E-state index in [1.54, 1.807) is 7.11 Å². The Morgan fingerprint density at radius 2 is 2.11 bits per heavy atom. The van der Waals surface area contributed by atoms with Crippen LogP contribution in [0.4, 0.5) is 5.69 Å². The van der Waals surface area contributed by atoms with Crippen LogP contribution in [0.15, 0.2) is 18.2 Å². The largest absolute Gasteiger partial charge is 0.497 e. The van der Waals surface area contributed by atoms with Crippen molar-refractivity contribution in [3.8, 4) is 5.75 Å². The zero-order valence-electron chi connectivity index (χ0n) is 12.1. The van der Waals surface area contributed by atoms with Crippen LogP contribution in [0.2, 0.25) is 0 Å². The average molecular weight is 262 g/mol. The number of hydrogen-bond donors (Lipinski definition) is 2. The van der Waals surface area contributed by atoms with Crippen LogP contribution in [-0.4, -0.2) is 13.2 Å². The highest BCUT2D eigenvalue weighted by molar-refractivity contribution is 5.50. The molecule has 1 aromatic carbocycles. The van der Waals surface area contributed by atoms with Crippen molar-refractivity contribution in [3.63, 3.8) is 0 Å². The van der Waals surface area contributed by atoms with E-state index in [-0.39, 0.29) is 0 Å². The maximum atomic E-state index is 6.02. The van der Waals surface area contributed by atoms with Crippen LogP contribution in [0.25, 0.3) is 0 Å². The Morgan fingerprint density at radius 1 is 1.26 bits per heavy atom. The van der Waals surface area contributed by atoms with E-state index in [2.05, 4.69) is 12.2 Å². The van der Waals surface area contributed by atoms with Crippen molar-refractivity contribution in [2.45, 2.75) is 51.6 Å². The number of nitrogens with two attached hydrogens (primary N) is 1. The molecular weight excluding hydrogens is 236 g/mol. The predicted molar refractivity (Wildman–Crippen MR) is 80.3 cm³/mol. The first-order chi connectivity index (χ1) is 9.19. The molecule has 1 aromatic rings. The van der Waals surface area contributed by atoms with Gasteiger partial charge in [0.1, 0.15) is 5.75 Å². The van der Waals surface area contributed by atoms with Gasteiger partial charge in [-0.2, -0.15) is 0 Å². The summed E-state index contributed by atoms with van der Waals surface area (Å²) >= 11 is 0. The van der Waals surface area contributed by atoms with Crippen molar-refractivity contribution in [1.82, 2.24) is 5.32 Å². The number of benzene rings is 1. The van der Waals surface area contributed by atoms with Gasteiger partial charge in [-0.3, -0.25) is 0 Å². The maximum Gasteiger partial charge on any atom is 0.119 e. The van der Waals surface area contributed by atoms with Crippen molar-refractivity contribution in [1.29, 1.82) is 0 Å². The quantitative estimate of drug-likeness (QED) is 0.646. The second-order valence-corrected chi connectivity index (χ2v) is 5.76. The van der Waals surface area contributed by atoms with Crippen LogP contribution in [-0.2, 0) is 6.54 Å². The highest BCUT2D eigenvalue weighted by Gasteiger charge is 2.15. The van der Waals surface area contributed by atoms with Crippen molar-refractivity contribution in [3.05, 3.63) is 23.8 Å². The summed E-state index contributed by atoms with van der Waals surface area (Å²) in [5, 5.41) is 3.66. The molecule has 1 aliphatic rings. The molecule has 106 valence electrons. The number of nitrogen functional groups attached to an aromatic ring is 1. The third kappa shape index (κ3) is 4.13. The first-order valence-electron chi connectivity index (χ1n) is 7.35. The lowest BCUT2D eigenvalue weighted by Gasteiger charge is -2.17. The molecule has 3 heteroatoms. The zero-order chi connectivity index (χ0) is 13.7. The second-order valence-electron chi connectivity index (χ2n) is 5.76. The number of methoxy groups -OCH3 is 1. The van der Waals surface area contributed by atoms with Gasteiger partial charge < -0.3 is 15.8 Å². The molecule has 0 amide bonds. The maximum absolute atomic E-state index is 6.02. The summed E-state index contributed by atoms with van der Waals surface area (Å²) in [6.45, 7) is 3.20. The van der Waals surface area contributed by atoms with E-state index in [1.165, 1.54) is 32.1 Å². The van der Waals surface area contributed by atoms with Crippen LogP contribution in [0.5, 0.6) is 5.75 Å². The van der Waals surface area contributed by atoms with E-state index in [0.29, 0.717) is 6.04 Å². The van der Waals surface area contributed by atoms with Gasteiger partial charge in [0.25, 0.3) is 0 Å². The third-order valence-electron chi connectivity index (χ3n) is 4.19. The standard InChI is InChI=1S/C16H26N2O/c1-12-4-3-5-14(7-6-12)18-11-13-10-15(19-2)8-9-16(13)17/h8-10,12,14,18H,3-7,11,17H2,1-2H3. The predicted octanol–water partition coefficient (Wildman–Crippen LogP) is 3.34. The molecule has 0 heterocycles. The van der Waals surface area contributed by atoms with Gasteiger partial charge in [-0.1, -0.05) is 19.8 Å².